The van der Waals surface area contributed by atoms with E-state index >= 15 is 0 Å². The maximum absolute atomic E-state index is 12.4. The monoisotopic (exact) mass is 290 g/mol. The molecule has 5 nitrogen and oxygen atoms in total. The lowest BCUT2D eigenvalue weighted by atomic mass is 10.1. The number of nitrogens with zero attached hydrogens (tertiary/aromatic N) is 3. The van der Waals surface area contributed by atoms with Gasteiger partial charge in [0.05, 0.1) is 12.4 Å². The molecule has 108 valence electrons. The van der Waals surface area contributed by atoms with E-state index in [4.69, 9.17) is 5.26 Å². The van der Waals surface area contributed by atoms with Gasteiger partial charge >= 0.3 is 6.61 Å². The van der Waals surface area contributed by atoms with Gasteiger partial charge in [-0.05, 0) is 13.0 Å². The van der Waals surface area contributed by atoms with Crippen molar-refractivity contribution in [3.8, 4) is 11.8 Å². The molecule has 1 heterocycles. The van der Waals surface area contributed by atoms with Crippen LogP contribution in [-0.2, 0) is 6.54 Å². The Balaban J connectivity index is 2.11. The van der Waals surface area contributed by atoms with Crippen molar-refractivity contribution in [2.24, 2.45) is 0 Å². The number of ether oxygens (including phenoxy) is 1. The van der Waals surface area contributed by atoms with Crippen molar-refractivity contribution in [3.63, 3.8) is 0 Å². The lowest BCUT2D eigenvalue weighted by Crippen LogP contribution is -2.08. The molecule has 0 spiro atoms. The molecule has 0 saturated carbocycles. The number of hydrogen-bond acceptors (Lipinski definition) is 5. The lowest BCUT2D eigenvalue weighted by Gasteiger charge is -2.12. The third-order valence-corrected chi connectivity index (χ3v) is 2.66. The van der Waals surface area contributed by atoms with E-state index in [9.17, 15) is 8.78 Å². The molecule has 1 N–H and O–H groups in total. The molecule has 7 heteroatoms. The summed E-state index contributed by atoms with van der Waals surface area (Å²) in [6.07, 6.45) is 2.73. The summed E-state index contributed by atoms with van der Waals surface area (Å²) in [4.78, 5) is 7.85. The Morgan fingerprint density at radius 2 is 2.14 bits per heavy atom. The summed E-state index contributed by atoms with van der Waals surface area (Å²) < 4.78 is 29.2. The smallest absolute Gasteiger partial charge is 0.387 e. The number of nitrogens with one attached hydrogen (secondary N) is 1. The molecule has 0 fully saturated rings. The Hall–Kier alpha value is -2.75. The molecular formula is C14H12F2N4O. The summed E-state index contributed by atoms with van der Waals surface area (Å²) in [5, 5.41) is 11.6. The molecule has 0 atom stereocenters. The van der Waals surface area contributed by atoms with Crippen LogP contribution in [0.15, 0.2) is 30.6 Å². The first kappa shape index (κ1) is 14.7. The number of hydrogen-bond donors (Lipinski definition) is 1. The highest BCUT2D eigenvalue weighted by Crippen LogP contribution is 2.22. The molecule has 0 aliphatic rings. The van der Waals surface area contributed by atoms with Gasteiger partial charge in [0, 0.05) is 12.1 Å². The first-order valence-corrected chi connectivity index (χ1v) is 6.09. The van der Waals surface area contributed by atoms with Crippen LogP contribution in [0.1, 0.15) is 16.8 Å². The summed E-state index contributed by atoms with van der Waals surface area (Å²) in [6, 6.07) is 6.81. The standard InChI is InChI=1S/C14H12F2N4O/c1-9-2-3-12(21-14(15)16)10(4-9)6-19-13-8-18-11(5-17)7-20-13/h2-4,7-8,14H,6H2,1H3,(H,19,20). The van der Waals surface area contributed by atoms with E-state index < -0.39 is 6.61 Å². The molecule has 21 heavy (non-hydrogen) atoms. The van der Waals surface area contributed by atoms with Gasteiger partial charge in [0.1, 0.15) is 17.6 Å². The molecule has 0 bridgehead atoms. The number of alkyl halides is 2. The van der Waals surface area contributed by atoms with Gasteiger partial charge in [-0.15, -0.1) is 0 Å². The number of benzene rings is 1. The molecule has 1 aromatic heterocycles. The number of anilines is 1. The second kappa shape index (κ2) is 6.61. The van der Waals surface area contributed by atoms with Crippen LogP contribution in [0.4, 0.5) is 14.6 Å². The average molecular weight is 290 g/mol. The Labute approximate surface area is 120 Å². The molecule has 0 radical (unpaired) electrons. The summed E-state index contributed by atoms with van der Waals surface area (Å²) in [5.41, 5.74) is 1.72. The van der Waals surface area contributed by atoms with Gasteiger partial charge in [0.2, 0.25) is 0 Å². The van der Waals surface area contributed by atoms with Crippen molar-refractivity contribution in [3.05, 3.63) is 47.4 Å². The van der Waals surface area contributed by atoms with E-state index in [0.29, 0.717) is 11.4 Å². The summed E-state index contributed by atoms with van der Waals surface area (Å²) in [7, 11) is 0. The lowest BCUT2D eigenvalue weighted by molar-refractivity contribution is -0.0504. The number of rotatable bonds is 5. The normalized spacial score (nSPS) is 10.2. The quantitative estimate of drug-likeness (QED) is 0.916. The summed E-state index contributed by atoms with van der Waals surface area (Å²) in [6.45, 7) is -0.761. The zero-order valence-electron chi connectivity index (χ0n) is 11.2. The van der Waals surface area contributed by atoms with E-state index in [2.05, 4.69) is 20.0 Å². The molecule has 0 unspecified atom stereocenters. The van der Waals surface area contributed by atoms with Gasteiger partial charge in [-0.2, -0.15) is 14.0 Å². The molecule has 0 aliphatic carbocycles. The fourth-order valence-electron chi connectivity index (χ4n) is 1.72. The van der Waals surface area contributed by atoms with Gasteiger partial charge in [0.25, 0.3) is 0 Å². The molecule has 0 saturated heterocycles. The highest BCUT2D eigenvalue weighted by molar-refractivity contribution is 5.41. The van der Waals surface area contributed by atoms with E-state index in [1.165, 1.54) is 18.5 Å². The van der Waals surface area contributed by atoms with E-state index in [1.807, 2.05) is 13.0 Å². The highest BCUT2D eigenvalue weighted by atomic mass is 19.3. The first-order chi connectivity index (χ1) is 10.1. The van der Waals surface area contributed by atoms with Gasteiger partial charge in [0.15, 0.2) is 5.69 Å². The fraction of sp³-hybridized carbons (Fsp3) is 0.214. The maximum atomic E-state index is 12.4. The van der Waals surface area contributed by atoms with Crippen molar-refractivity contribution in [1.29, 1.82) is 5.26 Å². The topological polar surface area (TPSA) is 70.8 Å². The molecular weight excluding hydrogens is 278 g/mol. The molecule has 2 aromatic rings. The number of nitriles is 1. The molecule has 0 amide bonds. The minimum atomic E-state index is -2.87. The van der Waals surface area contributed by atoms with Crippen LogP contribution in [0.5, 0.6) is 5.75 Å². The van der Waals surface area contributed by atoms with Crippen LogP contribution < -0.4 is 10.1 Å². The first-order valence-electron chi connectivity index (χ1n) is 6.09. The van der Waals surface area contributed by atoms with Crippen LogP contribution in [0.2, 0.25) is 0 Å². The van der Waals surface area contributed by atoms with E-state index in [0.717, 1.165) is 5.56 Å². The van der Waals surface area contributed by atoms with Crippen LogP contribution >= 0.6 is 0 Å². The van der Waals surface area contributed by atoms with Crippen molar-refractivity contribution >= 4 is 5.82 Å². The number of aryl methyl sites for hydroxylation is 1. The summed E-state index contributed by atoms with van der Waals surface area (Å²) in [5.74, 6) is 0.559. The average Bonchev–Trinajstić information content (AvgIpc) is 2.47. The van der Waals surface area contributed by atoms with Crippen LogP contribution in [-0.4, -0.2) is 16.6 Å². The second-order valence-electron chi connectivity index (χ2n) is 4.24. The largest absolute Gasteiger partial charge is 0.434 e. The van der Waals surface area contributed by atoms with E-state index in [-0.39, 0.29) is 18.0 Å². The Morgan fingerprint density at radius 1 is 1.33 bits per heavy atom. The second-order valence-corrected chi connectivity index (χ2v) is 4.24. The zero-order chi connectivity index (χ0) is 15.2. The van der Waals surface area contributed by atoms with Crippen LogP contribution in [0, 0.1) is 18.3 Å². The molecule has 1 aromatic carbocycles. The van der Waals surface area contributed by atoms with Crippen molar-refractivity contribution < 1.29 is 13.5 Å². The van der Waals surface area contributed by atoms with Gasteiger partial charge in [-0.1, -0.05) is 17.7 Å². The Morgan fingerprint density at radius 3 is 2.76 bits per heavy atom. The molecule has 2 rings (SSSR count). The minimum absolute atomic E-state index is 0.115. The third-order valence-electron chi connectivity index (χ3n) is 2.66. The Bertz CT molecular complexity index is 653. The highest BCUT2D eigenvalue weighted by Gasteiger charge is 2.10. The zero-order valence-corrected chi connectivity index (χ0v) is 11.2. The van der Waals surface area contributed by atoms with Crippen molar-refractivity contribution in [1.82, 2.24) is 9.97 Å². The van der Waals surface area contributed by atoms with Gasteiger partial charge in [-0.25, -0.2) is 9.97 Å². The minimum Gasteiger partial charge on any atom is -0.434 e. The van der Waals surface area contributed by atoms with Crippen molar-refractivity contribution in [2.45, 2.75) is 20.1 Å². The fourth-order valence-corrected chi connectivity index (χ4v) is 1.72. The van der Waals surface area contributed by atoms with Crippen molar-refractivity contribution in [2.75, 3.05) is 5.32 Å². The predicted molar refractivity (Wildman–Crippen MR) is 71.9 cm³/mol. The number of halogens is 2. The molecule has 0 aliphatic heterocycles. The van der Waals surface area contributed by atoms with Gasteiger partial charge < -0.3 is 10.1 Å². The third kappa shape index (κ3) is 4.11. The van der Waals surface area contributed by atoms with E-state index in [1.54, 1.807) is 12.1 Å². The van der Waals surface area contributed by atoms with Gasteiger partial charge in [-0.3, -0.25) is 0 Å². The number of aromatic nitrogens is 2. The van der Waals surface area contributed by atoms with Crippen LogP contribution in [0.25, 0.3) is 0 Å². The Kier molecular flexibility index (Phi) is 4.61. The van der Waals surface area contributed by atoms with Crippen LogP contribution in [0.3, 0.4) is 0 Å². The SMILES string of the molecule is Cc1ccc(OC(F)F)c(CNc2cnc(C#N)cn2)c1. The summed E-state index contributed by atoms with van der Waals surface area (Å²) >= 11 is 0. The predicted octanol–water partition coefficient (Wildman–Crippen LogP) is 2.87. The maximum Gasteiger partial charge on any atom is 0.387 e.